The lowest BCUT2D eigenvalue weighted by molar-refractivity contribution is -0.125. The average Bonchev–Trinajstić information content (AvgIpc) is 3.11. The number of aryl methyl sites for hydroxylation is 2. The van der Waals surface area contributed by atoms with Gasteiger partial charge in [0.25, 0.3) is 0 Å². The molecule has 2 aromatic heterocycles. The standard InChI is InChI=1S/C21H23ClN4OS/c1-13-3-5-17-14(2)24-21(25-18(17)11-13)26-9-7-15(8-10-26)20(27)23-12-16-4-6-19(22)28-16/h3-6,11,15H,7-10,12H2,1-2H3,(H,23,27). The van der Waals surface area contributed by atoms with Gasteiger partial charge in [-0.25, -0.2) is 9.97 Å². The number of nitrogens with zero attached hydrogens (tertiary/aromatic N) is 3. The molecule has 7 heteroatoms. The molecule has 1 saturated heterocycles. The van der Waals surface area contributed by atoms with Crippen LogP contribution in [0.25, 0.3) is 10.9 Å². The van der Waals surface area contributed by atoms with Crippen LogP contribution in [-0.2, 0) is 11.3 Å². The Balaban J connectivity index is 1.38. The molecule has 0 aliphatic carbocycles. The molecule has 1 aliphatic rings. The number of halogens is 1. The van der Waals surface area contributed by atoms with Gasteiger partial charge in [-0.1, -0.05) is 23.7 Å². The first-order chi connectivity index (χ1) is 13.5. The zero-order valence-electron chi connectivity index (χ0n) is 16.0. The van der Waals surface area contributed by atoms with Gasteiger partial charge in [0.05, 0.1) is 22.1 Å². The fraction of sp³-hybridized carbons (Fsp3) is 0.381. The minimum absolute atomic E-state index is 0.0375. The fourth-order valence-electron chi connectivity index (χ4n) is 3.63. The lowest BCUT2D eigenvalue weighted by Crippen LogP contribution is -2.41. The van der Waals surface area contributed by atoms with Gasteiger partial charge in [0.2, 0.25) is 11.9 Å². The summed E-state index contributed by atoms with van der Waals surface area (Å²) in [6.45, 7) is 6.23. The highest BCUT2D eigenvalue weighted by Crippen LogP contribution is 2.25. The molecule has 3 aromatic rings. The summed E-state index contributed by atoms with van der Waals surface area (Å²) in [5, 5.41) is 4.13. The summed E-state index contributed by atoms with van der Waals surface area (Å²) >= 11 is 7.45. The number of anilines is 1. The third kappa shape index (κ3) is 4.13. The topological polar surface area (TPSA) is 58.1 Å². The quantitative estimate of drug-likeness (QED) is 0.683. The molecule has 0 bridgehead atoms. The number of hydrogen-bond donors (Lipinski definition) is 1. The van der Waals surface area contributed by atoms with Crippen molar-refractivity contribution in [2.24, 2.45) is 5.92 Å². The Kier molecular flexibility index (Phi) is 5.51. The van der Waals surface area contributed by atoms with E-state index in [2.05, 4.69) is 35.3 Å². The monoisotopic (exact) mass is 414 g/mol. The molecule has 0 atom stereocenters. The number of rotatable bonds is 4. The van der Waals surface area contributed by atoms with Crippen molar-refractivity contribution in [2.45, 2.75) is 33.2 Å². The largest absolute Gasteiger partial charge is 0.351 e. The Morgan fingerprint density at radius 1 is 1.21 bits per heavy atom. The Labute approximate surface area is 173 Å². The van der Waals surface area contributed by atoms with Crippen molar-refractivity contribution in [1.29, 1.82) is 0 Å². The molecule has 5 nitrogen and oxygen atoms in total. The maximum atomic E-state index is 12.5. The molecule has 0 unspecified atom stereocenters. The first-order valence-corrected chi connectivity index (χ1v) is 10.7. The zero-order chi connectivity index (χ0) is 19.7. The lowest BCUT2D eigenvalue weighted by atomic mass is 9.96. The van der Waals surface area contributed by atoms with Crippen molar-refractivity contribution in [3.8, 4) is 0 Å². The van der Waals surface area contributed by atoms with Gasteiger partial charge < -0.3 is 10.2 Å². The second-order valence-corrected chi connectivity index (χ2v) is 9.11. The van der Waals surface area contributed by atoms with E-state index in [-0.39, 0.29) is 11.8 Å². The molecule has 1 aliphatic heterocycles. The van der Waals surface area contributed by atoms with Crippen molar-refractivity contribution in [1.82, 2.24) is 15.3 Å². The summed E-state index contributed by atoms with van der Waals surface area (Å²) in [4.78, 5) is 25.2. The summed E-state index contributed by atoms with van der Waals surface area (Å²) < 4.78 is 0.749. The number of carbonyl (C=O) groups excluding carboxylic acids is 1. The molecule has 1 fully saturated rings. The van der Waals surface area contributed by atoms with Crippen LogP contribution in [0.3, 0.4) is 0 Å². The second-order valence-electron chi connectivity index (χ2n) is 7.31. The van der Waals surface area contributed by atoms with Crippen molar-refractivity contribution < 1.29 is 4.79 Å². The lowest BCUT2D eigenvalue weighted by Gasteiger charge is -2.31. The van der Waals surface area contributed by atoms with E-state index in [0.29, 0.717) is 6.54 Å². The Bertz CT molecular complexity index is 1010. The van der Waals surface area contributed by atoms with Gasteiger partial charge >= 0.3 is 0 Å². The van der Waals surface area contributed by atoms with Gasteiger partial charge in [-0.3, -0.25) is 4.79 Å². The summed E-state index contributed by atoms with van der Waals surface area (Å²) in [7, 11) is 0. The van der Waals surface area contributed by atoms with Gasteiger partial charge in [-0.05, 0) is 50.5 Å². The highest BCUT2D eigenvalue weighted by atomic mass is 35.5. The SMILES string of the molecule is Cc1ccc2c(C)nc(N3CCC(C(=O)NCc4ccc(Cl)s4)CC3)nc2c1. The van der Waals surface area contributed by atoms with Crippen LogP contribution in [-0.4, -0.2) is 29.0 Å². The molecule has 1 N–H and O–H groups in total. The van der Waals surface area contributed by atoms with Crippen LogP contribution in [0.4, 0.5) is 5.95 Å². The molecular weight excluding hydrogens is 392 g/mol. The number of aromatic nitrogens is 2. The van der Waals surface area contributed by atoms with Crippen LogP contribution in [0.2, 0.25) is 4.34 Å². The third-order valence-electron chi connectivity index (χ3n) is 5.25. The number of nitrogens with one attached hydrogen (secondary N) is 1. The Morgan fingerprint density at radius 3 is 2.71 bits per heavy atom. The van der Waals surface area contributed by atoms with E-state index >= 15 is 0 Å². The summed E-state index contributed by atoms with van der Waals surface area (Å²) in [5.74, 6) is 0.925. The second kappa shape index (κ2) is 8.05. The van der Waals surface area contributed by atoms with E-state index in [1.54, 1.807) is 0 Å². The Morgan fingerprint density at radius 2 is 2.00 bits per heavy atom. The highest BCUT2D eigenvalue weighted by molar-refractivity contribution is 7.16. The molecule has 3 heterocycles. The number of amides is 1. The van der Waals surface area contributed by atoms with Crippen LogP contribution >= 0.6 is 22.9 Å². The molecule has 28 heavy (non-hydrogen) atoms. The van der Waals surface area contributed by atoms with Crippen LogP contribution < -0.4 is 10.2 Å². The molecule has 146 valence electrons. The number of carbonyl (C=O) groups is 1. The van der Waals surface area contributed by atoms with E-state index in [1.165, 1.54) is 16.9 Å². The van der Waals surface area contributed by atoms with Gasteiger partial charge in [0.15, 0.2) is 0 Å². The number of benzene rings is 1. The molecule has 1 aromatic carbocycles. The Hall–Kier alpha value is -2.18. The van der Waals surface area contributed by atoms with E-state index in [1.807, 2.05) is 19.1 Å². The fourth-order valence-corrected chi connectivity index (χ4v) is 4.66. The zero-order valence-corrected chi connectivity index (χ0v) is 17.6. The molecular formula is C21H23ClN4OS. The molecule has 1 amide bonds. The predicted molar refractivity (Wildman–Crippen MR) is 115 cm³/mol. The van der Waals surface area contributed by atoms with Crippen LogP contribution in [0.15, 0.2) is 30.3 Å². The average molecular weight is 415 g/mol. The number of fused-ring (bicyclic) bond motifs is 1. The molecule has 0 saturated carbocycles. The van der Waals surface area contributed by atoms with Gasteiger partial charge in [-0.15, -0.1) is 11.3 Å². The molecule has 4 rings (SSSR count). The van der Waals surface area contributed by atoms with Crippen molar-refractivity contribution in [3.63, 3.8) is 0 Å². The van der Waals surface area contributed by atoms with E-state index < -0.39 is 0 Å². The number of thiophene rings is 1. The van der Waals surface area contributed by atoms with E-state index in [4.69, 9.17) is 21.6 Å². The molecule has 0 spiro atoms. The first-order valence-electron chi connectivity index (χ1n) is 9.51. The molecule has 0 radical (unpaired) electrons. The minimum Gasteiger partial charge on any atom is -0.351 e. The van der Waals surface area contributed by atoms with Crippen LogP contribution in [0.1, 0.15) is 29.0 Å². The van der Waals surface area contributed by atoms with Gasteiger partial charge in [0.1, 0.15) is 0 Å². The van der Waals surface area contributed by atoms with Crippen molar-refractivity contribution in [3.05, 3.63) is 50.8 Å². The van der Waals surface area contributed by atoms with Gasteiger partial charge in [-0.2, -0.15) is 0 Å². The highest BCUT2D eigenvalue weighted by Gasteiger charge is 2.26. The minimum atomic E-state index is 0.0375. The smallest absolute Gasteiger partial charge is 0.226 e. The summed E-state index contributed by atoms with van der Waals surface area (Å²) in [5.41, 5.74) is 3.17. The van der Waals surface area contributed by atoms with E-state index in [0.717, 1.165) is 57.7 Å². The number of piperidine rings is 1. The normalized spacial score (nSPS) is 15.2. The van der Waals surface area contributed by atoms with Crippen molar-refractivity contribution in [2.75, 3.05) is 18.0 Å². The van der Waals surface area contributed by atoms with Gasteiger partial charge in [0, 0.05) is 29.3 Å². The maximum absolute atomic E-state index is 12.5. The van der Waals surface area contributed by atoms with Crippen molar-refractivity contribution >= 4 is 45.7 Å². The maximum Gasteiger partial charge on any atom is 0.226 e. The summed E-state index contributed by atoms with van der Waals surface area (Å²) in [6.07, 6.45) is 1.62. The van der Waals surface area contributed by atoms with Crippen LogP contribution in [0, 0.1) is 19.8 Å². The van der Waals surface area contributed by atoms with Crippen LogP contribution in [0.5, 0.6) is 0 Å². The van der Waals surface area contributed by atoms with E-state index in [9.17, 15) is 4.79 Å². The summed E-state index contributed by atoms with van der Waals surface area (Å²) in [6, 6.07) is 10.1. The predicted octanol–water partition coefficient (Wildman–Crippen LogP) is 4.49. The first kappa shape index (κ1) is 19.2. The third-order valence-corrected chi connectivity index (χ3v) is 6.48. The number of hydrogen-bond acceptors (Lipinski definition) is 5.